The molecule has 30 heavy (non-hydrogen) atoms. The fourth-order valence-corrected chi connectivity index (χ4v) is 3.48. The van der Waals surface area contributed by atoms with Gasteiger partial charge in [-0.3, -0.25) is 4.79 Å². The molecule has 4 rings (SSSR count). The first-order chi connectivity index (χ1) is 14.8. The van der Waals surface area contributed by atoms with E-state index in [0.29, 0.717) is 12.3 Å². The average Bonchev–Trinajstić information content (AvgIpc) is 2.81. The Bertz CT molecular complexity index is 924. The lowest BCUT2D eigenvalue weighted by Gasteiger charge is -2.36. The van der Waals surface area contributed by atoms with Gasteiger partial charge in [-0.15, -0.1) is 0 Å². The Morgan fingerprint density at radius 3 is 2.20 bits per heavy atom. The van der Waals surface area contributed by atoms with Crippen molar-refractivity contribution in [3.8, 4) is 5.75 Å². The molecule has 6 nitrogen and oxygen atoms in total. The lowest BCUT2D eigenvalue weighted by Crippen LogP contribution is -2.46. The molecule has 0 saturated carbocycles. The minimum absolute atomic E-state index is 0.0862. The van der Waals surface area contributed by atoms with Crippen molar-refractivity contribution in [3.63, 3.8) is 0 Å². The Labute approximate surface area is 177 Å². The van der Waals surface area contributed by atoms with Crippen LogP contribution in [0.2, 0.25) is 0 Å². The van der Waals surface area contributed by atoms with Crippen molar-refractivity contribution in [2.45, 2.75) is 6.42 Å². The van der Waals surface area contributed by atoms with Crippen LogP contribution in [0, 0.1) is 0 Å². The summed E-state index contributed by atoms with van der Waals surface area (Å²) in [5.74, 6) is 1.62. The lowest BCUT2D eigenvalue weighted by atomic mass is 10.2. The van der Waals surface area contributed by atoms with Crippen LogP contribution in [0.25, 0.3) is 0 Å². The zero-order valence-corrected chi connectivity index (χ0v) is 16.9. The number of hydrogen-bond acceptors (Lipinski definition) is 5. The largest absolute Gasteiger partial charge is 0.493 e. The van der Waals surface area contributed by atoms with E-state index in [2.05, 4.69) is 44.4 Å². The summed E-state index contributed by atoms with van der Waals surface area (Å²) >= 11 is 0. The van der Waals surface area contributed by atoms with Gasteiger partial charge in [0.1, 0.15) is 11.6 Å². The Balaban J connectivity index is 1.23. The number of ether oxygens (including phenoxy) is 1. The maximum atomic E-state index is 12.1. The molecule has 1 amide bonds. The molecule has 6 heteroatoms. The van der Waals surface area contributed by atoms with Gasteiger partial charge in [-0.1, -0.05) is 36.4 Å². The van der Waals surface area contributed by atoms with Crippen molar-refractivity contribution in [1.82, 2.24) is 4.98 Å². The summed E-state index contributed by atoms with van der Waals surface area (Å²) in [5, 5.41) is 2.88. The van der Waals surface area contributed by atoms with Gasteiger partial charge >= 0.3 is 0 Å². The summed E-state index contributed by atoms with van der Waals surface area (Å²) in [6.07, 6.45) is 2.01. The normalized spacial score (nSPS) is 13.7. The van der Waals surface area contributed by atoms with Gasteiger partial charge in [0.2, 0.25) is 5.91 Å². The topological polar surface area (TPSA) is 57.7 Å². The van der Waals surface area contributed by atoms with Gasteiger partial charge in [-0.2, -0.15) is 0 Å². The van der Waals surface area contributed by atoms with Gasteiger partial charge in [0, 0.05) is 31.9 Å². The van der Waals surface area contributed by atoms with Crippen LogP contribution in [-0.2, 0) is 4.79 Å². The summed E-state index contributed by atoms with van der Waals surface area (Å²) in [6.45, 7) is 4.11. The number of hydrogen-bond donors (Lipinski definition) is 1. The van der Waals surface area contributed by atoms with Crippen LogP contribution < -0.4 is 19.9 Å². The van der Waals surface area contributed by atoms with Crippen LogP contribution in [0.3, 0.4) is 0 Å². The van der Waals surface area contributed by atoms with Crippen LogP contribution in [0.4, 0.5) is 17.2 Å². The monoisotopic (exact) mass is 402 g/mol. The smallest absolute Gasteiger partial charge is 0.227 e. The molecule has 1 N–H and O–H groups in total. The number of carbonyl (C=O) groups excluding carboxylic acids is 1. The Hall–Kier alpha value is -3.54. The fraction of sp³-hybridized carbons (Fsp3) is 0.250. The molecule has 0 unspecified atom stereocenters. The molecule has 1 aliphatic rings. The highest BCUT2D eigenvalue weighted by molar-refractivity contribution is 5.90. The van der Waals surface area contributed by atoms with Gasteiger partial charge in [-0.05, 0) is 36.4 Å². The molecule has 0 radical (unpaired) electrons. The van der Waals surface area contributed by atoms with Gasteiger partial charge in [0.05, 0.1) is 24.9 Å². The highest BCUT2D eigenvalue weighted by Crippen LogP contribution is 2.20. The Morgan fingerprint density at radius 1 is 0.867 bits per heavy atom. The molecule has 1 aliphatic heterocycles. The molecule has 1 saturated heterocycles. The predicted molar refractivity (Wildman–Crippen MR) is 120 cm³/mol. The number of pyridine rings is 1. The van der Waals surface area contributed by atoms with Gasteiger partial charge in [0.15, 0.2) is 0 Å². The SMILES string of the molecule is O=C(CCOc1ccccc1)Nc1ccc(N2CCN(c3ccccc3)CC2)nc1. The Kier molecular flexibility index (Phi) is 6.44. The third-order valence-electron chi connectivity index (χ3n) is 5.10. The van der Waals surface area contributed by atoms with Crippen LogP contribution in [-0.4, -0.2) is 43.7 Å². The number of piperazine rings is 1. The second-order valence-electron chi connectivity index (χ2n) is 7.17. The zero-order valence-electron chi connectivity index (χ0n) is 16.9. The van der Waals surface area contributed by atoms with E-state index in [4.69, 9.17) is 4.74 Å². The number of carbonyl (C=O) groups is 1. The molecular weight excluding hydrogens is 376 g/mol. The van der Waals surface area contributed by atoms with E-state index in [9.17, 15) is 4.79 Å². The fourth-order valence-electron chi connectivity index (χ4n) is 3.48. The standard InChI is InChI=1S/C24H26N4O2/c29-24(13-18-30-22-9-5-2-6-10-22)26-20-11-12-23(25-19-20)28-16-14-27(15-17-28)21-7-3-1-4-8-21/h1-12,19H,13-18H2,(H,26,29). The predicted octanol–water partition coefficient (Wildman–Crippen LogP) is 3.82. The maximum Gasteiger partial charge on any atom is 0.227 e. The number of amides is 1. The van der Waals surface area contributed by atoms with Crippen molar-refractivity contribution < 1.29 is 9.53 Å². The number of benzene rings is 2. The first kappa shape index (κ1) is 19.8. The number of nitrogens with one attached hydrogen (secondary N) is 1. The molecular formula is C24H26N4O2. The maximum absolute atomic E-state index is 12.1. The van der Waals surface area contributed by atoms with E-state index in [1.165, 1.54) is 5.69 Å². The molecule has 2 aromatic carbocycles. The lowest BCUT2D eigenvalue weighted by molar-refractivity contribution is -0.116. The number of nitrogens with zero attached hydrogens (tertiary/aromatic N) is 3. The van der Waals surface area contributed by atoms with Crippen LogP contribution in [0.5, 0.6) is 5.75 Å². The van der Waals surface area contributed by atoms with Crippen LogP contribution >= 0.6 is 0 Å². The zero-order chi connectivity index (χ0) is 20.6. The second kappa shape index (κ2) is 9.78. The van der Waals surface area contributed by atoms with E-state index in [1.807, 2.05) is 48.5 Å². The number of rotatable bonds is 7. The summed E-state index contributed by atoms with van der Waals surface area (Å²) in [5.41, 5.74) is 1.96. The third-order valence-corrected chi connectivity index (χ3v) is 5.10. The minimum atomic E-state index is -0.0862. The molecule has 0 spiro atoms. The van der Waals surface area contributed by atoms with Gasteiger partial charge in [0.25, 0.3) is 0 Å². The van der Waals surface area contributed by atoms with E-state index in [1.54, 1.807) is 6.20 Å². The van der Waals surface area contributed by atoms with Gasteiger partial charge in [-0.25, -0.2) is 4.98 Å². The van der Waals surface area contributed by atoms with Crippen molar-refractivity contribution >= 4 is 23.1 Å². The summed E-state index contributed by atoms with van der Waals surface area (Å²) in [4.78, 5) is 21.3. The third kappa shape index (κ3) is 5.29. The summed E-state index contributed by atoms with van der Waals surface area (Å²) in [6, 6.07) is 23.9. The second-order valence-corrected chi connectivity index (χ2v) is 7.17. The minimum Gasteiger partial charge on any atom is -0.493 e. The number of para-hydroxylation sites is 2. The molecule has 1 aromatic heterocycles. The van der Waals surface area contributed by atoms with E-state index in [-0.39, 0.29) is 12.3 Å². The summed E-state index contributed by atoms with van der Waals surface area (Å²) < 4.78 is 5.57. The Morgan fingerprint density at radius 2 is 1.53 bits per heavy atom. The van der Waals surface area contributed by atoms with Gasteiger partial charge < -0.3 is 19.9 Å². The van der Waals surface area contributed by atoms with Crippen molar-refractivity contribution in [3.05, 3.63) is 79.0 Å². The number of anilines is 3. The molecule has 0 atom stereocenters. The van der Waals surface area contributed by atoms with Crippen molar-refractivity contribution in [1.29, 1.82) is 0 Å². The van der Waals surface area contributed by atoms with E-state index in [0.717, 1.165) is 37.7 Å². The first-order valence-electron chi connectivity index (χ1n) is 10.3. The van der Waals surface area contributed by atoms with Crippen molar-refractivity contribution in [2.75, 3.05) is 47.9 Å². The highest BCUT2D eigenvalue weighted by Gasteiger charge is 2.18. The molecule has 154 valence electrons. The first-order valence-corrected chi connectivity index (χ1v) is 10.3. The summed E-state index contributed by atoms with van der Waals surface area (Å²) in [7, 11) is 0. The van der Waals surface area contributed by atoms with E-state index < -0.39 is 0 Å². The quantitative estimate of drug-likeness (QED) is 0.651. The van der Waals surface area contributed by atoms with Crippen LogP contribution in [0.15, 0.2) is 79.0 Å². The molecule has 2 heterocycles. The molecule has 1 fully saturated rings. The average molecular weight is 402 g/mol. The molecule has 0 aliphatic carbocycles. The highest BCUT2D eigenvalue weighted by atomic mass is 16.5. The van der Waals surface area contributed by atoms with Crippen LogP contribution in [0.1, 0.15) is 6.42 Å². The van der Waals surface area contributed by atoms with E-state index >= 15 is 0 Å². The number of aromatic nitrogens is 1. The molecule has 0 bridgehead atoms. The molecule has 3 aromatic rings. The van der Waals surface area contributed by atoms with Crippen molar-refractivity contribution in [2.24, 2.45) is 0 Å².